The van der Waals surface area contributed by atoms with Crippen molar-refractivity contribution in [2.45, 2.75) is 84.7 Å². The Balaban J connectivity index is 3.41. The maximum Gasteiger partial charge on any atom is 0.408 e. The lowest BCUT2D eigenvalue weighted by molar-refractivity contribution is -0.146. The van der Waals surface area contributed by atoms with Gasteiger partial charge < -0.3 is 30.5 Å². The molecule has 0 saturated carbocycles. The summed E-state index contributed by atoms with van der Waals surface area (Å²) in [6.45, 7) is 11.6. The summed E-state index contributed by atoms with van der Waals surface area (Å²) < 4.78 is 5.20. The molecule has 0 radical (unpaired) electrons. The van der Waals surface area contributed by atoms with E-state index < -0.39 is 48.2 Å². The lowest BCUT2D eigenvalue weighted by Gasteiger charge is -2.38. The number of carbonyl (C=O) groups is 3. The van der Waals surface area contributed by atoms with E-state index in [1.165, 1.54) is 17.0 Å². The van der Waals surface area contributed by atoms with Gasteiger partial charge in [-0.25, -0.2) is 4.79 Å². The van der Waals surface area contributed by atoms with Crippen LogP contribution < -0.4 is 10.6 Å². The van der Waals surface area contributed by atoms with Gasteiger partial charge in [0.15, 0.2) is 0 Å². The number of carbonyl (C=O) groups excluding carboxylic acids is 3. The first kappa shape index (κ1) is 27.2. The Morgan fingerprint density at radius 3 is 2.22 bits per heavy atom. The van der Waals surface area contributed by atoms with E-state index in [1.54, 1.807) is 53.7 Å². The third kappa shape index (κ3) is 8.03. The van der Waals surface area contributed by atoms with Crippen molar-refractivity contribution in [3.05, 3.63) is 29.8 Å². The highest BCUT2D eigenvalue weighted by Crippen LogP contribution is 2.28. The quantitative estimate of drug-likeness (QED) is 0.457. The molecule has 3 atom stereocenters. The molecular weight excluding hydrogens is 414 g/mol. The summed E-state index contributed by atoms with van der Waals surface area (Å²) in [5.74, 6) is -1.12. The average molecular weight is 452 g/mol. The zero-order valence-corrected chi connectivity index (χ0v) is 20.0. The molecule has 0 saturated heterocycles. The van der Waals surface area contributed by atoms with Crippen molar-refractivity contribution >= 4 is 17.9 Å². The molecule has 0 aliphatic carbocycles. The number of hydrogen-bond donors (Lipinski definition) is 4. The number of phenols is 1. The normalized spacial score (nSPS) is 14.3. The Morgan fingerprint density at radius 1 is 1.12 bits per heavy atom. The molecular formula is C23H37N3O6. The second kappa shape index (κ2) is 11.7. The van der Waals surface area contributed by atoms with Crippen molar-refractivity contribution < 1.29 is 29.3 Å². The Hall–Kier alpha value is -2.81. The highest BCUT2D eigenvalue weighted by atomic mass is 16.6. The molecule has 3 amide bonds. The van der Waals surface area contributed by atoms with E-state index in [0.717, 1.165) is 0 Å². The molecule has 0 aromatic heterocycles. The van der Waals surface area contributed by atoms with Crippen LogP contribution in [0.5, 0.6) is 5.75 Å². The molecule has 1 aromatic carbocycles. The molecule has 0 bridgehead atoms. The summed E-state index contributed by atoms with van der Waals surface area (Å²) in [4.78, 5) is 40.3. The standard InChI is InChI=1S/C23H37N3O6/c1-8-15(4)26(21(30)18(13-27)25-22(31)32-23(5,6)7)19(20(29)24-14(2)3)16-10-9-11-17(28)12-16/h9-12,14-15,18-19,27-28H,8,13H2,1-7H3,(H,24,29)(H,25,31). The molecule has 180 valence electrons. The van der Waals surface area contributed by atoms with Gasteiger partial charge in [0.25, 0.3) is 0 Å². The fourth-order valence-corrected chi connectivity index (χ4v) is 3.11. The smallest absolute Gasteiger partial charge is 0.408 e. The predicted octanol–water partition coefficient (Wildman–Crippen LogP) is 2.47. The number of rotatable bonds is 9. The maximum absolute atomic E-state index is 13.5. The second-order valence-electron chi connectivity index (χ2n) is 9.04. The topological polar surface area (TPSA) is 128 Å². The molecule has 0 aliphatic heterocycles. The SMILES string of the molecule is CCC(C)N(C(=O)C(CO)NC(=O)OC(C)(C)C)C(C(=O)NC(C)C)c1cccc(O)c1. The van der Waals surface area contributed by atoms with E-state index in [4.69, 9.17) is 4.74 Å². The Bertz CT molecular complexity index is 790. The predicted molar refractivity (Wildman–Crippen MR) is 121 cm³/mol. The van der Waals surface area contributed by atoms with Crippen LogP contribution in [0.25, 0.3) is 0 Å². The van der Waals surface area contributed by atoms with Crippen molar-refractivity contribution in [3.8, 4) is 5.75 Å². The van der Waals surface area contributed by atoms with Gasteiger partial charge in [-0.15, -0.1) is 0 Å². The van der Waals surface area contributed by atoms with Crippen LogP contribution in [0.2, 0.25) is 0 Å². The molecule has 32 heavy (non-hydrogen) atoms. The summed E-state index contributed by atoms with van der Waals surface area (Å²) >= 11 is 0. The molecule has 9 heteroatoms. The average Bonchev–Trinajstić information content (AvgIpc) is 2.67. The van der Waals surface area contributed by atoms with Gasteiger partial charge in [0.2, 0.25) is 11.8 Å². The molecule has 0 heterocycles. The largest absolute Gasteiger partial charge is 0.508 e. The Kier molecular flexibility index (Phi) is 9.96. The monoisotopic (exact) mass is 451 g/mol. The summed E-state index contributed by atoms with van der Waals surface area (Å²) in [6.07, 6.45) is -0.338. The van der Waals surface area contributed by atoms with Gasteiger partial charge in [0.1, 0.15) is 23.4 Å². The molecule has 9 nitrogen and oxygen atoms in total. The zero-order chi connectivity index (χ0) is 24.6. The van der Waals surface area contributed by atoms with Crippen molar-refractivity contribution in [1.82, 2.24) is 15.5 Å². The number of phenolic OH excluding ortho intramolecular Hbond substituents is 1. The first-order valence-corrected chi connectivity index (χ1v) is 10.8. The number of nitrogens with zero attached hydrogens (tertiary/aromatic N) is 1. The van der Waals surface area contributed by atoms with Gasteiger partial charge in [0.05, 0.1) is 6.61 Å². The number of alkyl carbamates (subject to hydrolysis) is 1. The molecule has 0 fully saturated rings. The summed E-state index contributed by atoms with van der Waals surface area (Å²) in [5, 5.41) is 25.1. The summed E-state index contributed by atoms with van der Waals surface area (Å²) in [5.41, 5.74) is -0.379. The Labute approximate surface area is 190 Å². The minimum absolute atomic E-state index is 0.0491. The van der Waals surface area contributed by atoms with Gasteiger partial charge in [-0.05, 0) is 65.7 Å². The fraction of sp³-hybridized carbons (Fsp3) is 0.609. The number of amides is 3. The number of aliphatic hydroxyl groups excluding tert-OH is 1. The molecule has 3 unspecified atom stereocenters. The summed E-state index contributed by atoms with van der Waals surface area (Å²) in [7, 11) is 0. The molecule has 1 rings (SSSR count). The molecule has 0 aliphatic rings. The lowest BCUT2D eigenvalue weighted by Crippen LogP contribution is -2.57. The number of aliphatic hydroxyl groups is 1. The Morgan fingerprint density at radius 2 is 1.75 bits per heavy atom. The molecule has 0 spiro atoms. The van der Waals surface area contributed by atoms with Gasteiger partial charge in [-0.1, -0.05) is 19.1 Å². The number of hydrogen-bond acceptors (Lipinski definition) is 6. The van der Waals surface area contributed by atoms with Crippen molar-refractivity contribution in [2.24, 2.45) is 0 Å². The fourth-order valence-electron chi connectivity index (χ4n) is 3.11. The van der Waals surface area contributed by atoms with E-state index in [-0.39, 0.29) is 11.8 Å². The van der Waals surface area contributed by atoms with Gasteiger partial charge in [0, 0.05) is 12.1 Å². The zero-order valence-electron chi connectivity index (χ0n) is 20.0. The van der Waals surface area contributed by atoms with Crippen LogP contribution in [0.3, 0.4) is 0 Å². The van der Waals surface area contributed by atoms with E-state index >= 15 is 0 Å². The van der Waals surface area contributed by atoms with Crippen molar-refractivity contribution in [3.63, 3.8) is 0 Å². The van der Waals surface area contributed by atoms with Crippen LogP contribution in [-0.2, 0) is 14.3 Å². The van der Waals surface area contributed by atoms with Crippen molar-refractivity contribution in [2.75, 3.05) is 6.61 Å². The van der Waals surface area contributed by atoms with Crippen LogP contribution in [0.15, 0.2) is 24.3 Å². The van der Waals surface area contributed by atoms with E-state index in [9.17, 15) is 24.6 Å². The van der Waals surface area contributed by atoms with E-state index in [2.05, 4.69) is 10.6 Å². The van der Waals surface area contributed by atoms with Crippen LogP contribution in [-0.4, -0.2) is 63.4 Å². The first-order chi connectivity index (χ1) is 14.8. The van der Waals surface area contributed by atoms with Crippen LogP contribution in [0.4, 0.5) is 4.79 Å². The van der Waals surface area contributed by atoms with Crippen LogP contribution in [0, 0.1) is 0 Å². The second-order valence-corrected chi connectivity index (χ2v) is 9.04. The van der Waals surface area contributed by atoms with E-state index in [0.29, 0.717) is 12.0 Å². The van der Waals surface area contributed by atoms with Crippen LogP contribution >= 0.6 is 0 Å². The van der Waals surface area contributed by atoms with Gasteiger partial charge in [-0.3, -0.25) is 9.59 Å². The minimum Gasteiger partial charge on any atom is -0.508 e. The highest BCUT2D eigenvalue weighted by Gasteiger charge is 2.38. The third-order valence-electron chi connectivity index (χ3n) is 4.64. The van der Waals surface area contributed by atoms with Gasteiger partial charge >= 0.3 is 6.09 Å². The van der Waals surface area contributed by atoms with E-state index in [1.807, 2.05) is 6.92 Å². The van der Waals surface area contributed by atoms with Crippen molar-refractivity contribution in [1.29, 1.82) is 0 Å². The summed E-state index contributed by atoms with van der Waals surface area (Å²) in [6, 6.07) is 3.11. The lowest BCUT2D eigenvalue weighted by atomic mass is 9.99. The number of nitrogens with one attached hydrogen (secondary N) is 2. The number of ether oxygens (including phenoxy) is 1. The highest BCUT2D eigenvalue weighted by molar-refractivity contribution is 5.92. The van der Waals surface area contributed by atoms with Crippen LogP contribution in [0.1, 0.15) is 66.5 Å². The first-order valence-electron chi connectivity index (χ1n) is 10.8. The third-order valence-corrected chi connectivity index (χ3v) is 4.64. The number of benzene rings is 1. The van der Waals surface area contributed by atoms with Gasteiger partial charge in [-0.2, -0.15) is 0 Å². The molecule has 1 aromatic rings. The minimum atomic E-state index is -1.31. The molecule has 4 N–H and O–H groups in total. The number of aromatic hydroxyl groups is 1. The maximum atomic E-state index is 13.5.